The molecule has 0 saturated carbocycles. The van der Waals surface area contributed by atoms with Crippen molar-refractivity contribution in [3.8, 4) is 0 Å². The summed E-state index contributed by atoms with van der Waals surface area (Å²) in [4.78, 5) is 6.35. The number of rotatable bonds is 3. The Balaban J connectivity index is 2.03. The molecule has 0 atom stereocenters. The molecule has 0 radical (unpaired) electrons. The van der Waals surface area contributed by atoms with Crippen molar-refractivity contribution >= 4 is 50.4 Å². The monoisotopic (exact) mass is 424 g/mol. The number of sulfonamides is 1. The van der Waals surface area contributed by atoms with Gasteiger partial charge in [-0.2, -0.15) is 4.31 Å². The van der Waals surface area contributed by atoms with Crippen molar-refractivity contribution in [1.82, 2.24) is 9.29 Å². The van der Waals surface area contributed by atoms with Crippen LogP contribution in [0.4, 0.5) is 11.5 Å². The predicted molar refractivity (Wildman–Crippen MR) is 91.3 cm³/mol. The van der Waals surface area contributed by atoms with Gasteiger partial charge in [0.2, 0.25) is 16.0 Å². The molecule has 10 heteroatoms. The van der Waals surface area contributed by atoms with E-state index in [0.29, 0.717) is 32.0 Å². The Kier molecular flexibility index (Phi) is 4.88. The first-order valence-electron chi connectivity index (χ1n) is 6.25. The summed E-state index contributed by atoms with van der Waals surface area (Å²) >= 11 is 1.91. The zero-order valence-corrected chi connectivity index (χ0v) is 14.5. The molecule has 0 aromatic carbocycles. The topological polar surface area (TPSA) is 107 Å². The quantitative estimate of drug-likeness (QED) is 0.311. The van der Waals surface area contributed by atoms with Crippen LogP contribution in [0.15, 0.2) is 18.3 Å². The number of nitrogens with one attached hydrogen (secondary N) is 1. The van der Waals surface area contributed by atoms with Crippen molar-refractivity contribution in [1.29, 1.82) is 5.41 Å². The summed E-state index contributed by atoms with van der Waals surface area (Å²) in [6.07, 6.45) is 2.94. The molecule has 8 nitrogen and oxygen atoms in total. The Morgan fingerprint density at radius 1 is 1.38 bits per heavy atom. The Hall–Kier alpha value is -1.14. The summed E-state index contributed by atoms with van der Waals surface area (Å²) in [5.74, 6) is 0.499. The van der Waals surface area contributed by atoms with Crippen LogP contribution < -0.4 is 13.7 Å². The first kappa shape index (κ1) is 16.2. The van der Waals surface area contributed by atoms with Gasteiger partial charge in [0.15, 0.2) is 0 Å². The molecule has 2 rings (SSSR count). The number of nitrogens with zero attached hydrogens (tertiary/aromatic N) is 4. The van der Waals surface area contributed by atoms with Crippen LogP contribution in [0.5, 0.6) is 0 Å². The summed E-state index contributed by atoms with van der Waals surface area (Å²) in [5, 5.41) is 7.35. The first-order valence-corrected chi connectivity index (χ1v) is 9.06. The second-order valence-corrected chi connectivity index (χ2v) is 7.64. The summed E-state index contributed by atoms with van der Waals surface area (Å²) in [6, 6.07) is 3.68. The molecule has 1 aliphatic heterocycles. The number of halogens is 1. The van der Waals surface area contributed by atoms with Crippen LogP contribution in [0.3, 0.4) is 0 Å². The molecule has 3 N–H and O–H groups in total. The number of hydrogen-bond acceptors (Lipinski definition) is 5. The first-order chi connectivity index (χ1) is 9.79. The lowest BCUT2D eigenvalue weighted by Crippen LogP contribution is -2.48. The maximum absolute atomic E-state index is 11.5. The molecule has 0 unspecified atom stereocenters. The molecule has 1 aromatic heterocycles. The normalized spacial score (nSPS) is 16.8. The van der Waals surface area contributed by atoms with E-state index in [9.17, 15) is 8.42 Å². The van der Waals surface area contributed by atoms with Crippen LogP contribution in [0.2, 0.25) is 0 Å². The van der Waals surface area contributed by atoms with Crippen LogP contribution in [0.25, 0.3) is 0 Å². The second-order valence-electron chi connectivity index (χ2n) is 4.69. The Labute approximate surface area is 138 Å². The number of guanidine groups is 1. The smallest absolute Gasteiger partial charge is 0.211 e. The SMILES string of the molecule is CS(=O)(=O)N1CCN(c2ccc(N(I)C(=N)N)nc2)CC1. The van der Waals surface area contributed by atoms with E-state index in [-0.39, 0.29) is 5.96 Å². The molecule has 1 aromatic rings. The van der Waals surface area contributed by atoms with Gasteiger partial charge in [-0.25, -0.2) is 16.5 Å². The average molecular weight is 424 g/mol. The van der Waals surface area contributed by atoms with Crippen molar-refractivity contribution in [3.05, 3.63) is 18.3 Å². The van der Waals surface area contributed by atoms with Crippen molar-refractivity contribution in [3.63, 3.8) is 0 Å². The molecule has 21 heavy (non-hydrogen) atoms. The lowest BCUT2D eigenvalue weighted by molar-refractivity contribution is 0.388. The lowest BCUT2D eigenvalue weighted by atomic mass is 10.3. The minimum atomic E-state index is -3.11. The third kappa shape index (κ3) is 3.95. The highest BCUT2D eigenvalue weighted by Crippen LogP contribution is 2.21. The minimum absolute atomic E-state index is 0.0855. The number of piperazine rings is 1. The van der Waals surface area contributed by atoms with E-state index in [0.717, 1.165) is 5.69 Å². The van der Waals surface area contributed by atoms with Gasteiger partial charge in [0.1, 0.15) is 5.82 Å². The Morgan fingerprint density at radius 2 is 2.00 bits per heavy atom. The van der Waals surface area contributed by atoms with E-state index in [2.05, 4.69) is 9.88 Å². The second kappa shape index (κ2) is 6.32. The minimum Gasteiger partial charge on any atom is -0.369 e. The van der Waals surface area contributed by atoms with Crippen molar-refractivity contribution in [2.45, 2.75) is 0 Å². The predicted octanol–water partition coefficient (Wildman–Crippen LogP) is 0.213. The molecule has 1 fully saturated rings. The molecule has 116 valence electrons. The fourth-order valence-corrected chi connectivity index (χ4v) is 3.19. The molecule has 0 spiro atoms. The number of anilines is 2. The zero-order valence-electron chi connectivity index (χ0n) is 11.5. The number of hydrogen-bond donors (Lipinski definition) is 2. The van der Waals surface area contributed by atoms with Gasteiger partial charge in [-0.1, -0.05) is 0 Å². The van der Waals surface area contributed by atoms with Crippen molar-refractivity contribution in [2.24, 2.45) is 5.73 Å². The summed E-state index contributed by atoms with van der Waals surface area (Å²) in [5.41, 5.74) is 6.32. The van der Waals surface area contributed by atoms with Crippen LogP contribution in [-0.4, -0.2) is 56.1 Å². The van der Waals surface area contributed by atoms with Gasteiger partial charge in [0.05, 0.1) is 41.0 Å². The van der Waals surface area contributed by atoms with Gasteiger partial charge in [-0.3, -0.25) is 5.41 Å². The zero-order chi connectivity index (χ0) is 15.6. The van der Waals surface area contributed by atoms with E-state index in [1.54, 1.807) is 12.3 Å². The third-order valence-corrected chi connectivity index (χ3v) is 5.53. The molecule has 1 aliphatic rings. The number of pyridine rings is 1. The number of aromatic nitrogens is 1. The average Bonchev–Trinajstić information content (AvgIpc) is 2.46. The van der Waals surface area contributed by atoms with Gasteiger partial charge in [0.25, 0.3) is 0 Å². The van der Waals surface area contributed by atoms with E-state index in [1.807, 2.05) is 28.9 Å². The molecular weight excluding hydrogens is 407 g/mol. The van der Waals surface area contributed by atoms with Gasteiger partial charge >= 0.3 is 0 Å². The van der Waals surface area contributed by atoms with Gasteiger partial charge in [-0.05, 0) is 12.1 Å². The highest BCUT2D eigenvalue weighted by molar-refractivity contribution is 14.1. The highest BCUT2D eigenvalue weighted by Gasteiger charge is 2.23. The lowest BCUT2D eigenvalue weighted by Gasteiger charge is -2.34. The van der Waals surface area contributed by atoms with Crippen LogP contribution >= 0.6 is 22.9 Å². The largest absolute Gasteiger partial charge is 0.369 e. The standard InChI is InChI=1S/C11H17IN6O2S/c1-21(19,20)17-6-4-16(5-7-17)9-2-3-10(15-8-9)18(12)11(13)14/h2-3,8H,4-7H2,1H3,(H3,13,14). The fraction of sp³-hybridized carbons (Fsp3) is 0.455. The van der Waals surface area contributed by atoms with Gasteiger partial charge in [-0.15, -0.1) is 0 Å². The molecule has 0 bridgehead atoms. The molecule has 1 saturated heterocycles. The Bertz CT molecular complexity index is 612. The van der Waals surface area contributed by atoms with E-state index < -0.39 is 10.0 Å². The maximum atomic E-state index is 11.5. The summed E-state index contributed by atoms with van der Waals surface area (Å²) in [6.45, 7) is 2.22. The summed E-state index contributed by atoms with van der Waals surface area (Å²) in [7, 11) is -3.11. The fourth-order valence-electron chi connectivity index (χ4n) is 2.08. The Morgan fingerprint density at radius 3 is 2.43 bits per heavy atom. The van der Waals surface area contributed by atoms with E-state index in [4.69, 9.17) is 11.1 Å². The van der Waals surface area contributed by atoms with E-state index in [1.165, 1.54) is 13.7 Å². The number of nitrogens with two attached hydrogens (primary N) is 1. The van der Waals surface area contributed by atoms with E-state index >= 15 is 0 Å². The van der Waals surface area contributed by atoms with Crippen LogP contribution in [0.1, 0.15) is 0 Å². The molecule has 0 aliphatic carbocycles. The third-order valence-electron chi connectivity index (χ3n) is 3.22. The van der Waals surface area contributed by atoms with Crippen LogP contribution in [0, 0.1) is 5.41 Å². The molecular formula is C11H17IN6O2S. The van der Waals surface area contributed by atoms with Gasteiger partial charge in [0, 0.05) is 26.2 Å². The molecule has 0 amide bonds. The highest BCUT2D eigenvalue weighted by atomic mass is 127. The van der Waals surface area contributed by atoms with Crippen LogP contribution in [-0.2, 0) is 10.0 Å². The maximum Gasteiger partial charge on any atom is 0.211 e. The van der Waals surface area contributed by atoms with Gasteiger partial charge < -0.3 is 10.6 Å². The summed E-state index contributed by atoms with van der Waals surface area (Å²) < 4.78 is 25.9. The van der Waals surface area contributed by atoms with Crippen molar-refractivity contribution in [2.75, 3.05) is 40.4 Å². The van der Waals surface area contributed by atoms with Crippen molar-refractivity contribution < 1.29 is 8.42 Å². The molecule has 2 heterocycles.